The van der Waals surface area contributed by atoms with Gasteiger partial charge < -0.3 is 5.32 Å². The Morgan fingerprint density at radius 1 is 1.18 bits per heavy atom. The van der Waals surface area contributed by atoms with Crippen molar-refractivity contribution in [3.05, 3.63) is 64.1 Å². The first-order valence-corrected chi connectivity index (χ1v) is 12.2. The molecule has 1 saturated heterocycles. The zero-order valence-electron chi connectivity index (χ0n) is 20.3. The lowest BCUT2D eigenvalue weighted by atomic mass is 9.86. The molecule has 1 fully saturated rings. The van der Waals surface area contributed by atoms with Crippen LogP contribution >= 0.6 is 35.4 Å². The Bertz CT molecular complexity index is 1150. The van der Waals surface area contributed by atoms with Crippen molar-refractivity contribution >= 4 is 69.7 Å². The molecule has 0 spiro atoms. The topological polar surface area (TPSA) is 58.3 Å². The standard InChI is InChI=1S/C26H30Cl2N4OS/c1-16(33)29-19-10-12-20(13-11-19)32-24(34)31-23(26(32,5)6)30-22(25(2,3)4)14-8-17-7-9-18(27)15-21(17)28/h7-15,22H,1-6H3,(H,29,33)(H,30,31,34)/p+1/b14-8+/t22-/m1/s1. The minimum Gasteiger partial charge on any atom is -0.326 e. The molecule has 0 unspecified atom stereocenters. The van der Waals surface area contributed by atoms with Crippen molar-refractivity contribution in [2.75, 3.05) is 10.2 Å². The van der Waals surface area contributed by atoms with Crippen molar-refractivity contribution in [2.24, 2.45) is 5.41 Å². The molecule has 34 heavy (non-hydrogen) atoms. The SMILES string of the molecule is CC(=O)Nc1ccc(N2C(=S)NC(=[NH+][C@H](/C=C/c3ccc(Cl)cc3Cl)C(C)(C)C)C2(C)C)cc1. The minimum absolute atomic E-state index is 0.00841. The number of carbonyl (C=O) groups is 1. The minimum atomic E-state index is -0.443. The van der Waals surface area contributed by atoms with Crippen molar-refractivity contribution in [3.63, 3.8) is 0 Å². The van der Waals surface area contributed by atoms with Crippen LogP contribution in [0.4, 0.5) is 11.4 Å². The van der Waals surface area contributed by atoms with E-state index in [9.17, 15) is 4.79 Å². The molecule has 1 amide bonds. The first kappa shape index (κ1) is 26.2. The summed E-state index contributed by atoms with van der Waals surface area (Å²) >= 11 is 18.1. The van der Waals surface area contributed by atoms with Gasteiger partial charge in [-0.15, -0.1) is 0 Å². The van der Waals surface area contributed by atoms with E-state index < -0.39 is 5.54 Å². The molecule has 0 saturated carbocycles. The molecule has 1 aliphatic rings. The molecule has 3 N–H and O–H groups in total. The Labute approximate surface area is 217 Å². The highest BCUT2D eigenvalue weighted by Gasteiger charge is 2.48. The van der Waals surface area contributed by atoms with Crippen molar-refractivity contribution in [2.45, 2.75) is 53.1 Å². The molecule has 0 aromatic heterocycles. The maximum atomic E-state index is 11.3. The Hall–Kier alpha value is -2.41. The molecular weight excluding hydrogens is 487 g/mol. The molecule has 0 bridgehead atoms. The van der Waals surface area contributed by atoms with Gasteiger partial charge in [-0.1, -0.05) is 56.1 Å². The third-order valence-electron chi connectivity index (χ3n) is 5.72. The number of thiocarbonyl (C=S) groups is 1. The first-order chi connectivity index (χ1) is 15.8. The maximum Gasteiger partial charge on any atom is 0.276 e. The van der Waals surface area contributed by atoms with Crippen molar-refractivity contribution < 1.29 is 9.79 Å². The number of amides is 1. The van der Waals surface area contributed by atoms with Crippen LogP contribution in [0.25, 0.3) is 6.08 Å². The lowest BCUT2D eigenvalue weighted by molar-refractivity contribution is -0.510. The molecule has 8 heteroatoms. The van der Waals surface area contributed by atoms with Gasteiger partial charge in [-0.25, -0.2) is 5.32 Å². The second-order valence-electron chi connectivity index (χ2n) is 9.94. The molecule has 0 radical (unpaired) electrons. The summed E-state index contributed by atoms with van der Waals surface area (Å²) in [4.78, 5) is 17.1. The highest BCUT2D eigenvalue weighted by atomic mass is 35.5. The smallest absolute Gasteiger partial charge is 0.276 e. The van der Waals surface area contributed by atoms with E-state index in [-0.39, 0.29) is 17.4 Å². The summed E-state index contributed by atoms with van der Waals surface area (Å²) in [5.41, 5.74) is 2.05. The Kier molecular flexibility index (Phi) is 7.75. The molecule has 3 rings (SSSR count). The average molecular weight is 519 g/mol. The molecule has 2 aromatic rings. The van der Waals surface area contributed by atoms with Gasteiger partial charge in [-0.3, -0.25) is 14.7 Å². The highest BCUT2D eigenvalue weighted by molar-refractivity contribution is 7.80. The van der Waals surface area contributed by atoms with Crippen LogP contribution in [0.15, 0.2) is 48.5 Å². The van der Waals surface area contributed by atoms with Gasteiger partial charge in [0.25, 0.3) is 10.9 Å². The summed E-state index contributed by atoms with van der Waals surface area (Å²) in [5.74, 6) is 0.808. The Morgan fingerprint density at radius 2 is 1.82 bits per heavy atom. The van der Waals surface area contributed by atoms with Crippen LogP contribution in [0.2, 0.25) is 10.0 Å². The van der Waals surface area contributed by atoms with E-state index in [1.807, 2.05) is 42.5 Å². The van der Waals surface area contributed by atoms with Crippen LogP contribution in [0.3, 0.4) is 0 Å². The third-order valence-corrected chi connectivity index (χ3v) is 6.56. The Morgan fingerprint density at radius 3 is 2.38 bits per heavy atom. The van der Waals surface area contributed by atoms with Crippen molar-refractivity contribution in [1.29, 1.82) is 0 Å². The van der Waals surface area contributed by atoms with E-state index in [1.165, 1.54) is 6.92 Å². The summed E-state index contributed by atoms with van der Waals surface area (Å²) in [6, 6.07) is 13.1. The van der Waals surface area contributed by atoms with Gasteiger partial charge in [0.15, 0.2) is 0 Å². The first-order valence-electron chi connectivity index (χ1n) is 11.0. The zero-order chi connectivity index (χ0) is 25.3. The molecule has 5 nitrogen and oxygen atoms in total. The quantitative estimate of drug-likeness (QED) is 0.486. The molecule has 2 aromatic carbocycles. The highest BCUT2D eigenvalue weighted by Crippen LogP contribution is 2.30. The summed E-state index contributed by atoms with van der Waals surface area (Å²) in [6.07, 6.45) is 4.13. The van der Waals surface area contributed by atoms with Crippen molar-refractivity contribution in [1.82, 2.24) is 5.32 Å². The fraction of sp³-hybridized carbons (Fsp3) is 0.346. The van der Waals surface area contributed by atoms with Crippen LogP contribution in [0.5, 0.6) is 0 Å². The molecular formula is C26H31Cl2N4OS+. The second kappa shape index (κ2) is 10.1. The number of carbonyl (C=O) groups excluding carboxylic acids is 1. The van der Waals surface area contributed by atoms with Gasteiger partial charge >= 0.3 is 0 Å². The number of nitrogens with zero attached hydrogens (tertiary/aromatic N) is 1. The number of hydrogen-bond donors (Lipinski definition) is 3. The maximum absolute atomic E-state index is 11.3. The number of anilines is 2. The van der Waals surface area contributed by atoms with Gasteiger partial charge in [-0.05, 0) is 74.1 Å². The number of nitrogens with one attached hydrogen (secondary N) is 3. The number of hydrogen-bond acceptors (Lipinski definition) is 2. The van der Waals surface area contributed by atoms with Crippen LogP contribution in [0.1, 0.15) is 47.1 Å². The van der Waals surface area contributed by atoms with Gasteiger partial charge in [0.1, 0.15) is 11.6 Å². The fourth-order valence-corrected chi connectivity index (χ4v) is 4.68. The predicted molar refractivity (Wildman–Crippen MR) is 148 cm³/mol. The van der Waals surface area contributed by atoms with Crippen LogP contribution in [-0.4, -0.2) is 28.4 Å². The third kappa shape index (κ3) is 5.98. The molecule has 1 heterocycles. The zero-order valence-corrected chi connectivity index (χ0v) is 22.6. The fourth-order valence-electron chi connectivity index (χ4n) is 3.78. The van der Waals surface area contributed by atoms with E-state index in [2.05, 4.69) is 61.2 Å². The number of rotatable bonds is 5. The summed E-state index contributed by atoms with van der Waals surface area (Å²) in [5, 5.41) is 8.00. The lowest BCUT2D eigenvalue weighted by Crippen LogP contribution is -2.86. The van der Waals surface area contributed by atoms with E-state index in [4.69, 9.17) is 35.4 Å². The average Bonchev–Trinajstić information content (AvgIpc) is 2.93. The number of halogens is 2. The normalized spacial score (nSPS) is 17.8. The number of amidine groups is 1. The molecule has 1 atom stereocenters. The van der Waals surface area contributed by atoms with E-state index >= 15 is 0 Å². The lowest BCUT2D eigenvalue weighted by Gasteiger charge is -2.29. The van der Waals surface area contributed by atoms with Crippen LogP contribution < -0.4 is 20.5 Å². The summed E-state index contributed by atoms with van der Waals surface area (Å²) < 4.78 is 0. The van der Waals surface area contributed by atoms with Crippen LogP contribution in [0, 0.1) is 5.41 Å². The monoisotopic (exact) mass is 517 g/mol. The predicted octanol–water partition coefficient (Wildman–Crippen LogP) is 5.03. The largest absolute Gasteiger partial charge is 0.326 e. The Balaban J connectivity index is 1.92. The van der Waals surface area contributed by atoms with Gasteiger partial charge in [0, 0.05) is 33.8 Å². The van der Waals surface area contributed by atoms with Gasteiger partial charge in [0.05, 0.1) is 0 Å². The molecule has 0 aliphatic carbocycles. The summed E-state index contributed by atoms with van der Waals surface area (Å²) in [6.45, 7) is 12.3. The number of benzene rings is 2. The second-order valence-corrected chi connectivity index (χ2v) is 11.2. The van der Waals surface area contributed by atoms with Gasteiger partial charge in [0.2, 0.25) is 5.91 Å². The van der Waals surface area contributed by atoms with Crippen molar-refractivity contribution in [3.8, 4) is 0 Å². The van der Waals surface area contributed by atoms with Gasteiger partial charge in [-0.2, -0.15) is 0 Å². The molecule has 1 aliphatic heterocycles. The van der Waals surface area contributed by atoms with E-state index in [1.54, 1.807) is 6.07 Å². The van der Waals surface area contributed by atoms with E-state index in [0.29, 0.717) is 15.2 Å². The summed E-state index contributed by atoms with van der Waals surface area (Å²) in [7, 11) is 0. The molecule has 180 valence electrons. The van der Waals surface area contributed by atoms with E-state index in [0.717, 1.165) is 22.8 Å². The van der Waals surface area contributed by atoms with Crippen LogP contribution in [-0.2, 0) is 4.79 Å².